The van der Waals surface area contributed by atoms with E-state index in [0.717, 1.165) is 12.8 Å². The lowest BCUT2D eigenvalue weighted by Gasteiger charge is -2.10. The molecule has 0 fully saturated rings. The Balaban J connectivity index is 1.95. The van der Waals surface area contributed by atoms with Gasteiger partial charge in [-0.25, -0.2) is 0 Å². The van der Waals surface area contributed by atoms with Crippen LogP contribution in [0.5, 0.6) is 5.75 Å². The summed E-state index contributed by atoms with van der Waals surface area (Å²) in [6, 6.07) is 3.79. The Hall–Kier alpha value is -1.27. The molecule has 0 aliphatic rings. The van der Waals surface area contributed by atoms with Crippen LogP contribution in [0.25, 0.3) is 0 Å². The molecule has 0 unspecified atom stereocenters. The van der Waals surface area contributed by atoms with Crippen molar-refractivity contribution in [2.24, 2.45) is 0 Å². The fourth-order valence-corrected chi connectivity index (χ4v) is 4.43. The molecule has 6 heteroatoms. The average molecular weight is 442 g/mol. The molecule has 174 valence electrons. The number of nitrogens with one attached hydrogen (secondary N) is 1. The van der Waals surface area contributed by atoms with Crippen LogP contribution in [0.15, 0.2) is 23.1 Å². The van der Waals surface area contributed by atoms with Gasteiger partial charge in [-0.2, -0.15) is 8.42 Å². The molecule has 5 nitrogen and oxygen atoms in total. The summed E-state index contributed by atoms with van der Waals surface area (Å²) in [5.74, 6) is -0.0307. The van der Waals surface area contributed by atoms with E-state index in [-0.39, 0.29) is 16.3 Å². The van der Waals surface area contributed by atoms with E-state index in [1.54, 1.807) is 0 Å². The zero-order valence-electron chi connectivity index (χ0n) is 18.9. The summed E-state index contributed by atoms with van der Waals surface area (Å²) in [5, 5.41) is 12.5. The van der Waals surface area contributed by atoms with Gasteiger partial charge in [-0.3, -0.25) is 4.55 Å². The third-order valence-electron chi connectivity index (χ3n) is 5.59. The van der Waals surface area contributed by atoms with E-state index in [1.165, 1.54) is 108 Å². The number of hydrogen-bond donors (Lipinski definition) is 3. The molecule has 0 atom stereocenters. The van der Waals surface area contributed by atoms with Crippen molar-refractivity contribution in [3.63, 3.8) is 0 Å². The van der Waals surface area contributed by atoms with Gasteiger partial charge in [0.1, 0.15) is 10.6 Å². The molecule has 30 heavy (non-hydrogen) atoms. The van der Waals surface area contributed by atoms with E-state index in [4.69, 9.17) is 0 Å². The Morgan fingerprint density at radius 1 is 0.733 bits per heavy atom. The maximum atomic E-state index is 11.4. The molecule has 1 aromatic carbocycles. The normalized spacial score (nSPS) is 11.7. The maximum Gasteiger partial charge on any atom is 0.296 e. The molecule has 0 amide bonds. The topological polar surface area (TPSA) is 86.6 Å². The second kappa shape index (κ2) is 16.4. The highest BCUT2D eigenvalue weighted by molar-refractivity contribution is 7.86. The second-order valence-electron chi connectivity index (χ2n) is 8.39. The summed E-state index contributed by atoms with van der Waals surface area (Å²) in [6.07, 6.45) is 21.0. The van der Waals surface area contributed by atoms with E-state index in [2.05, 4.69) is 12.2 Å². The quantitative estimate of drug-likeness (QED) is 0.155. The maximum absolute atomic E-state index is 11.4. The van der Waals surface area contributed by atoms with Crippen molar-refractivity contribution in [2.45, 2.75) is 115 Å². The van der Waals surface area contributed by atoms with Gasteiger partial charge in [0.15, 0.2) is 0 Å². The lowest BCUT2D eigenvalue weighted by molar-refractivity contribution is 0.473. The van der Waals surface area contributed by atoms with Gasteiger partial charge >= 0.3 is 0 Å². The molecular weight excluding hydrogens is 398 g/mol. The summed E-state index contributed by atoms with van der Waals surface area (Å²) >= 11 is 0. The van der Waals surface area contributed by atoms with Crippen LogP contribution in [0.4, 0.5) is 5.69 Å². The highest BCUT2D eigenvalue weighted by Crippen LogP contribution is 2.25. The predicted octanol–water partition coefficient (Wildman–Crippen LogP) is 7.31. The number of anilines is 1. The summed E-state index contributed by atoms with van der Waals surface area (Å²) in [6.45, 7) is 2.88. The van der Waals surface area contributed by atoms with Crippen molar-refractivity contribution in [1.29, 1.82) is 0 Å². The van der Waals surface area contributed by atoms with Gasteiger partial charge in [-0.1, -0.05) is 103 Å². The Morgan fingerprint density at radius 3 is 1.60 bits per heavy atom. The number of hydrogen-bond acceptors (Lipinski definition) is 4. The fraction of sp³-hybridized carbons (Fsp3) is 0.750. The van der Waals surface area contributed by atoms with Crippen LogP contribution < -0.4 is 5.32 Å². The van der Waals surface area contributed by atoms with Crippen LogP contribution in [-0.2, 0) is 10.1 Å². The summed E-state index contributed by atoms with van der Waals surface area (Å²) in [5.41, 5.74) is 0.249. The van der Waals surface area contributed by atoms with Gasteiger partial charge in [0.2, 0.25) is 0 Å². The second-order valence-corrected chi connectivity index (χ2v) is 9.78. The third-order valence-corrected chi connectivity index (χ3v) is 6.50. The zero-order chi connectivity index (χ0) is 22.1. The third kappa shape index (κ3) is 13.1. The van der Waals surface area contributed by atoms with Crippen LogP contribution in [0.3, 0.4) is 0 Å². The average Bonchev–Trinajstić information content (AvgIpc) is 2.69. The highest BCUT2D eigenvalue weighted by Gasteiger charge is 2.15. The van der Waals surface area contributed by atoms with Gasteiger partial charge in [0, 0.05) is 12.6 Å². The number of phenolic OH excluding ortho intramolecular Hbond substituents is 1. The Bertz CT molecular complexity index is 661. The smallest absolute Gasteiger partial charge is 0.296 e. The molecule has 0 radical (unpaired) electrons. The Kier molecular flexibility index (Phi) is 14.7. The monoisotopic (exact) mass is 441 g/mol. The van der Waals surface area contributed by atoms with Crippen molar-refractivity contribution < 1.29 is 18.1 Å². The van der Waals surface area contributed by atoms with Gasteiger partial charge in [0.25, 0.3) is 10.1 Å². The van der Waals surface area contributed by atoms with Gasteiger partial charge in [-0.15, -0.1) is 0 Å². The van der Waals surface area contributed by atoms with Crippen LogP contribution in [0, 0.1) is 0 Å². The fourth-order valence-electron chi connectivity index (χ4n) is 3.78. The standard InChI is InChI=1S/C24H43NO4S/c1-2-3-4-5-6-7-8-9-10-11-12-13-14-15-16-17-20-25-23-21-22(26)18-19-24(23)30(27,28)29/h18-19,21,25-26H,2-17,20H2,1H3,(H,27,28,29). The van der Waals surface area contributed by atoms with Gasteiger partial charge in [0.05, 0.1) is 5.69 Å². The first-order chi connectivity index (χ1) is 14.4. The Labute approximate surface area is 184 Å². The molecule has 1 aromatic rings. The van der Waals surface area contributed by atoms with Crippen molar-refractivity contribution >= 4 is 15.8 Å². The molecule has 0 saturated heterocycles. The first-order valence-electron chi connectivity index (χ1n) is 12.0. The molecule has 0 aliphatic heterocycles. The van der Waals surface area contributed by atoms with E-state index >= 15 is 0 Å². The summed E-state index contributed by atoms with van der Waals surface area (Å²) in [7, 11) is -4.30. The first kappa shape index (κ1) is 26.8. The summed E-state index contributed by atoms with van der Waals surface area (Å²) in [4.78, 5) is -0.197. The lowest BCUT2D eigenvalue weighted by Crippen LogP contribution is -2.07. The summed E-state index contributed by atoms with van der Waals surface area (Å²) < 4.78 is 32.0. The molecular formula is C24H43NO4S. The number of aromatic hydroxyl groups is 1. The molecule has 3 N–H and O–H groups in total. The zero-order valence-corrected chi connectivity index (χ0v) is 19.7. The molecule has 0 spiro atoms. The van der Waals surface area contributed by atoms with Crippen molar-refractivity contribution in [3.05, 3.63) is 18.2 Å². The predicted molar refractivity (Wildman–Crippen MR) is 126 cm³/mol. The lowest BCUT2D eigenvalue weighted by atomic mass is 10.0. The largest absolute Gasteiger partial charge is 0.508 e. The van der Waals surface area contributed by atoms with E-state index in [0.29, 0.717) is 6.54 Å². The molecule has 0 bridgehead atoms. The number of rotatable bonds is 19. The molecule has 0 aromatic heterocycles. The Morgan fingerprint density at radius 2 is 1.17 bits per heavy atom. The SMILES string of the molecule is CCCCCCCCCCCCCCCCCCNc1cc(O)ccc1S(=O)(=O)O. The minimum atomic E-state index is -4.30. The minimum absolute atomic E-state index is 0.0307. The van der Waals surface area contributed by atoms with E-state index in [9.17, 15) is 18.1 Å². The molecule has 1 rings (SSSR count). The van der Waals surface area contributed by atoms with Gasteiger partial charge < -0.3 is 10.4 Å². The van der Waals surface area contributed by atoms with E-state index in [1.807, 2.05) is 0 Å². The van der Waals surface area contributed by atoms with Crippen molar-refractivity contribution in [3.8, 4) is 5.75 Å². The van der Waals surface area contributed by atoms with Crippen LogP contribution in [0.1, 0.15) is 110 Å². The van der Waals surface area contributed by atoms with Crippen LogP contribution >= 0.6 is 0 Å². The molecule has 0 heterocycles. The number of benzene rings is 1. The molecule has 0 aliphatic carbocycles. The highest BCUT2D eigenvalue weighted by atomic mass is 32.2. The molecule has 0 saturated carbocycles. The van der Waals surface area contributed by atoms with Crippen molar-refractivity contribution in [1.82, 2.24) is 0 Å². The number of phenols is 1. The minimum Gasteiger partial charge on any atom is -0.508 e. The van der Waals surface area contributed by atoms with Gasteiger partial charge in [-0.05, 0) is 18.6 Å². The van der Waals surface area contributed by atoms with Crippen molar-refractivity contribution in [2.75, 3.05) is 11.9 Å². The van der Waals surface area contributed by atoms with E-state index < -0.39 is 10.1 Å². The first-order valence-corrected chi connectivity index (χ1v) is 13.4. The van der Waals surface area contributed by atoms with Crippen LogP contribution in [0.2, 0.25) is 0 Å². The van der Waals surface area contributed by atoms with Crippen LogP contribution in [-0.4, -0.2) is 24.6 Å². The number of unbranched alkanes of at least 4 members (excludes halogenated alkanes) is 15.